The highest BCUT2D eigenvalue weighted by Gasteiger charge is 2.21. The van der Waals surface area contributed by atoms with Gasteiger partial charge in [0.2, 0.25) is 13.6 Å². The van der Waals surface area contributed by atoms with E-state index >= 15 is 0 Å². The number of fused-ring (bicyclic) bond motifs is 2. The maximum atomic E-state index is 10.6. The second kappa shape index (κ2) is 6.74. The molecule has 25 heavy (non-hydrogen) atoms. The van der Waals surface area contributed by atoms with Crippen molar-refractivity contribution in [3.8, 4) is 23.0 Å². The minimum absolute atomic E-state index is 0.155. The highest BCUT2D eigenvalue weighted by Crippen LogP contribution is 2.37. The lowest BCUT2D eigenvalue weighted by molar-refractivity contribution is 0.135. The van der Waals surface area contributed by atoms with Crippen molar-refractivity contribution in [2.45, 2.75) is 25.6 Å². The molecule has 0 fully saturated rings. The molecular formula is C18H18BrNO5. The standard InChI is InChI=1S/C18H18BrNO5/c1-10(18(21)11-2-3-14-15(4-11)23-8-22-14)20-7-12-5-16-17(6-13(12)19)25-9-24-16/h2-6,10,18,20-21H,7-9H2,1H3. The zero-order chi connectivity index (χ0) is 17.4. The van der Waals surface area contributed by atoms with Gasteiger partial charge in [0.15, 0.2) is 23.0 Å². The monoisotopic (exact) mass is 407 g/mol. The number of hydrogen-bond donors (Lipinski definition) is 2. The minimum Gasteiger partial charge on any atom is -0.454 e. The fourth-order valence-electron chi connectivity index (χ4n) is 2.86. The van der Waals surface area contributed by atoms with Gasteiger partial charge >= 0.3 is 0 Å². The van der Waals surface area contributed by atoms with E-state index in [4.69, 9.17) is 18.9 Å². The molecule has 2 N–H and O–H groups in total. The average Bonchev–Trinajstić information content (AvgIpc) is 3.26. The van der Waals surface area contributed by atoms with Crippen molar-refractivity contribution < 1.29 is 24.1 Å². The highest BCUT2D eigenvalue weighted by atomic mass is 79.9. The largest absolute Gasteiger partial charge is 0.454 e. The predicted molar refractivity (Wildman–Crippen MR) is 94.1 cm³/mol. The van der Waals surface area contributed by atoms with E-state index < -0.39 is 6.10 Å². The van der Waals surface area contributed by atoms with E-state index in [2.05, 4.69) is 21.2 Å². The van der Waals surface area contributed by atoms with Crippen molar-refractivity contribution in [3.63, 3.8) is 0 Å². The van der Waals surface area contributed by atoms with Gasteiger partial charge in [-0.3, -0.25) is 0 Å². The number of aliphatic hydroxyl groups is 1. The Labute approximate surface area is 153 Å². The van der Waals surface area contributed by atoms with Gasteiger partial charge in [-0.25, -0.2) is 0 Å². The van der Waals surface area contributed by atoms with Crippen molar-refractivity contribution in [1.82, 2.24) is 5.32 Å². The molecule has 2 atom stereocenters. The van der Waals surface area contributed by atoms with Crippen LogP contribution >= 0.6 is 15.9 Å². The van der Waals surface area contributed by atoms with Crippen LogP contribution in [0.4, 0.5) is 0 Å². The molecule has 2 aromatic carbocycles. The van der Waals surface area contributed by atoms with Crippen molar-refractivity contribution in [2.75, 3.05) is 13.6 Å². The van der Waals surface area contributed by atoms with E-state index in [-0.39, 0.29) is 19.6 Å². The second-order valence-electron chi connectivity index (χ2n) is 6.02. The maximum absolute atomic E-state index is 10.6. The van der Waals surface area contributed by atoms with E-state index in [1.165, 1.54) is 0 Å². The summed E-state index contributed by atoms with van der Waals surface area (Å²) < 4.78 is 22.4. The molecule has 0 aliphatic carbocycles. The topological polar surface area (TPSA) is 69.2 Å². The van der Waals surface area contributed by atoms with Crippen LogP contribution in [0.5, 0.6) is 23.0 Å². The van der Waals surface area contributed by atoms with E-state index in [0.29, 0.717) is 18.0 Å². The summed E-state index contributed by atoms with van der Waals surface area (Å²) >= 11 is 3.55. The van der Waals surface area contributed by atoms with Gasteiger partial charge in [-0.2, -0.15) is 0 Å². The summed E-state index contributed by atoms with van der Waals surface area (Å²) in [4.78, 5) is 0. The van der Waals surface area contributed by atoms with Crippen molar-refractivity contribution in [1.29, 1.82) is 0 Å². The molecule has 132 valence electrons. The molecule has 0 saturated heterocycles. The SMILES string of the molecule is CC(NCc1cc2c(cc1Br)OCO2)C(O)c1ccc2c(c1)OCO2. The number of aliphatic hydroxyl groups excluding tert-OH is 1. The summed E-state index contributed by atoms with van der Waals surface area (Å²) in [5.41, 5.74) is 1.82. The first-order valence-electron chi connectivity index (χ1n) is 8.01. The van der Waals surface area contributed by atoms with E-state index in [1.807, 2.05) is 37.3 Å². The maximum Gasteiger partial charge on any atom is 0.231 e. The lowest BCUT2D eigenvalue weighted by Crippen LogP contribution is -2.31. The first kappa shape index (κ1) is 16.5. The molecule has 2 aromatic rings. The van der Waals surface area contributed by atoms with Crippen LogP contribution in [-0.4, -0.2) is 24.7 Å². The Bertz CT molecular complexity index is 797. The van der Waals surface area contributed by atoms with Gasteiger partial charge in [0.1, 0.15) is 0 Å². The fraction of sp³-hybridized carbons (Fsp3) is 0.333. The molecular weight excluding hydrogens is 390 g/mol. The molecule has 2 aliphatic rings. The van der Waals surface area contributed by atoms with Crippen LogP contribution in [-0.2, 0) is 6.54 Å². The molecule has 0 amide bonds. The first-order valence-corrected chi connectivity index (χ1v) is 8.80. The van der Waals surface area contributed by atoms with Crippen molar-refractivity contribution in [3.05, 3.63) is 45.9 Å². The number of halogens is 1. The van der Waals surface area contributed by atoms with Crippen molar-refractivity contribution >= 4 is 15.9 Å². The Morgan fingerprint density at radius 1 is 1.00 bits per heavy atom. The summed E-state index contributed by atoms with van der Waals surface area (Å²) in [5, 5.41) is 14.0. The van der Waals surface area contributed by atoms with Gasteiger partial charge in [0.05, 0.1) is 6.10 Å². The van der Waals surface area contributed by atoms with Crippen LogP contribution in [0.1, 0.15) is 24.2 Å². The summed E-state index contributed by atoms with van der Waals surface area (Å²) in [6, 6.07) is 9.19. The van der Waals surface area contributed by atoms with Gasteiger partial charge in [-0.1, -0.05) is 22.0 Å². The highest BCUT2D eigenvalue weighted by molar-refractivity contribution is 9.10. The predicted octanol–water partition coefficient (Wildman–Crippen LogP) is 3.12. The Kier molecular flexibility index (Phi) is 4.45. The Balaban J connectivity index is 1.43. The third kappa shape index (κ3) is 3.27. The number of ether oxygens (including phenoxy) is 4. The molecule has 0 saturated carbocycles. The lowest BCUT2D eigenvalue weighted by Gasteiger charge is -2.21. The fourth-order valence-corrected chi connectivity index (χ4v) is 3.33. The quantitative estimate of drug-likeness (QED) is 0.793. The van der Waals surface area contributed by atoms with Gasteiger partial charge in [-0.15, -0.1) is 0 Å². The van der Waals surface area contributed by atoms with Crippen LogP contribution in [0.15, 0.2) is 34.8 Å². The lowest BCUT2D eigenvalue weighted by atomic mass is 10.0. The minimum atomic E-state index is -0.665. The van der Waals surface area contributed by atoms with Gasteiger partial charge in [0, 0.05) is 17.1 Å². The molecule has 0 bridgehead atoms. The smallest absolute Gasteiger partial charge is 0.231 e. The molecule has 2 unspecified atom stereocenters. The summed E-state index contributed by atoms with van der Waals surface area (Å²) in [7, 11) is 0. The second-order valence-corrected chi connectivity index (χ2v) is 6.88. The van der Waals surface area contributed by atoms with Crippen LogP contribution < -0.4 is 24.3 Å². The van der Waals surface area contributed by atoms with E-state index in [1.54, 1.807) is 0 Å². The molecule has 7 heteroatoms. The zero-order valence-electron chi connectivity index (χ0n) is 13.6. The van der Waals surface area contributed by atoms with Crippen LogP contribution in [0.2, 0.25) is 0 Å². The molecule has 2 heterocycles. The molecule has 0 spiro atoms. The number of hydrogen-bond acceptors (Lipinski definition) is 6. The first-order chi connectivity index (χ1) is 12.1. The Morgan fingerprint density at radius 3 is 2.40 bits per heavy atom. The van der Waals surface area contributed by atoms with E-state index in [0.717, 1.165) is 27.1 Å². The molecule has 4 rings (SSSR count). The zero-order valence-corrected chi connectivity index (χ0v) is 15.2. The molecule has 0 aromatic heterocycles. The van der Waals surface area contributed by atoms with Gasteiger partial charge in [0.25, 0.3) is 0 Å². The van der Waals surface area contributed by atoms with Gasteiger partial charge < -0.3 is 29.4 Å². The molecule has 2 aliphatic heterocycles. The third-order valence-corrected chi connectivity index (χ3v) is 5.11. The number of benzene rings is 2. The van der Waals surface area contributed by atoms with E-state index in [9.17, 15) is 5.11 Å². The molecule has 0 radical (unpaired) electrons. The summed E-state index contributed by atoms with van der Waals surface area (Å²) in [6.45, 7) is 2.99. The van der Waals surface area contributed by atoms with Crippen LogP contribution in [0.3, 0.4) is 0 Å². The number of nitrogens with one attached hydrogen (secondary N) is 1. The third-order valence-electron chi connectivity index (χ3n) is 4.37. The normalized spacial score (nSPS) is 16.8. The van der Waals surface area contributed by atoms with Crippen LogP contribution in [0, 0.1) is 0 Å². The van der Waals surface area contributed by atoms with Crippen molar-refractivity contribution in [2.24, 2.45) is 0 Å². The molecule has 6 nitrogen and oxygen atoms in total. The average molecular weight is 408 g/mol. The Morgan fingerprint density at radius 2 is 1.64 bits per heavy atom. The summed E-state index contributed by atoms with van der Waals surface area (Å²) in [5.74, 6) is 2.86. The van der Waals surface area contributed by atoms with Gasteiger partial charge in [-0.05, 0) is 42.3 Å². The summed E-state index contributed by atoms with van der Waals surface area (Å²) in [6.07, 6.45) is -0.665. The number of rotatable bonds is 5. The van der Waals surface area contributed by atoms with Crippen LogP contribution in [0.25, 0.3) is 0 Å². The Hall–Kier alpha value is -1.96.